The average Bonchev–Trinajstić information content (AvgIpc) is 3.33. The van der Waals surface area contributed by atoms with E-state index in [1.165, 1.54) is 19.3 Å². The molecule has 1 aliphatic carbocycles. The van der Waals surface area contributed by atoms with Crippen molar-refractivity contribution in [1.29, 1.82) is 0 Å². The molecule has 4 rings (SSSR count). The molecule has 1 aliphatic heterocycles. The van der Waals surface area contributed by atoms with Crippen molar-refractivity contribution in [2.75, 3.05) is 24.5 Å². The summed E-state index contributed by atoms with van der Waals surface area (Å²) < 4.78 is 1.84. The number of piperazine rings is 1. The van der Waals surface area contributed by atoms with Crippen LogP contribution in [0.2, 0.25) is 0 Å². The molecule has 0 bridgehead atoms. The summed E-state index contributed by atoms with van der Waals surface area (Å²) in [5, 5.41) is 5.47. The highest BCUT2D eigenvalue weighted by molar-refractivity contribution is 5.78. The lowest BCUT2D eigenvalue weighted by Gasteiger charge is -2.42. The summed E-state index contributed by atoms with van der Waals surface area (Å²) in [4.78, 5) is 14.0. The number of hydrogen-bond acceptors (Lipinski definition) is 6. The van der Waals surface area contributed by atoms with Gasteiger partial charge in [-0.25, -0.2) is 4.98 Å². The van der Waals surface area contributed by atoms with Crippen LogP contribution in [0.25, 0.3) is 11.0 Å². The molecule has 2 N–H and O–H groups in total. The van der Waals surface area contributed by atoms with Crippen molar-refractivity contribution in [2.24, 2.45) is 18.7 Å². The van der Waals surface area contributed by atoms with Gasteiger partial charge in [-0.05, 0) is 19.3 Å². The quantitative estimate of drug-likeness (QED) is 0.914. The fourth-order valence-corrected chi connectivity index (χ4v) is 3.65. The number of aryl methyl sites for hydroxylation is 2. The zero-order valence-corrected chi connectivity index (χ0v) is 14.4. The Bertz CT molecular complexity index is 777. The lowest BCUT2D eigenvalue weighted by atomic mass is 10.1. The van der Waals surface area contributed by atoms with E-state index in [0.29, 0.717) is 11.9 Å². The van der Waals surface area contributed by atoms with E-state index in [2.05, 4.69) is 26.5 Å². The molecule has 2 fully saturated rings. The summed E-state index contributed by atoms with van der Waals surface area (Å²) in [5.74, 6) is 2.30. The first-order valence-corrected chi connectivity index (χ1v) is 8.65. The van der Waals surface area contributed by atoms with Gasteiger partial charge in [0, 0.05) is 38.9 Å². The van der Waals surface area contributed by atoms with Crippen molar-refractivity contribution in [1.82, 2.24) is 24.6 Å². The predicted molar refractivity (Wildman–Crippen MR) is 94.4 cm³/mol. The Morgan fingerprint density at radius 3 is 2.88 bits per heavy atom. The van der Waals surface area contributed by atoms with Crippen LogP contribution in [0.5, 0.6) is 0 Å². The molecule has 2 aliphatic rings. The Morgan fingerprint density at radius 1 is 1.38 bits per heavy atom. The molecule has 3 heterocycles. The van der Waals surface area contributed by atoms with Crippen LogP contribution in [0.3, 0.4) is 0 Å². The fourth-order valence-electron chi connectivity index (χ4n) is 3.65. The Labute approximate surface area is 142 Å². The Hall–Kier alpha value is -2.31. The van der Waals surface area contributed by atoms with Gasteiger partial charge in [-0.15, -0.1) is 0 Å². The standard InChI is InChI=1S/C17H25N7/c1-11-15-9-19-17(20-16(15)22(3)21-11)24-7-6-23(12(2)18)10-14(24)8-13-4-5-13/h9,13-14H,2,4-8,10,18H2,1,3H3. The molecular formula is C17H25N7. The Morgan fingerprint density at radius 2 is 2.17 bits per heavy atom. The molecule has 7 heteroatoms. The van der Waals surface area contributed by atoms with Gasteiger partial charge in [-0.3, -0.25) is 4.68 Å². The largest absolute Gasteiger partial charge is 0.386 e. The van der Waals surface area contributed by atoms with E-state index in [9.17, 15) is 0 Å². The summed E-state index contributed by atoms with van der Waals surface area (Å²) in [6.45, 7) is 8.53. The van der Waals surface area contributed by atoms with Gasteiger partial charge in [0.1, 0.15) is 0 Å². The van der Waals surface area contributed by atoms with E-state index < -0.39 is 0 Å². The normalized spacial score (nSPS) is 21.5. The SMILES string of the molecule is C=C(N)N1CCN(c2ncc3c(C)nn(C)c3n2)C(CC2CC2)C1. The second kappa shape index (κ2) is 5.65. The van der Waals surface area contributed by atoms with Crippen LogP contribution >= 0.6 is 0 Å². The van der Waals surface area contributed by atoms with Gasteiger partial charge in [0.15, 0.2) is 5.65 Å². The third kappa shape index (κ3) is 2.68. The average molecular weight is 327 g/mol. The van der Waals surface area contributed by atoms with Crippen LogP contribution in [0.4, 0.5) is 5.95 Å². The van der Waals surface area contributed by atoms with E-state index in [4.69, 9.17) is 10.7 Å². The molecule has 1 saturated heterocycles. The van der Waals surface area contributed by atoms with Gasteiger partial charge >= 0.3 is 0 Å². The third-order valence-corrected chi connectivity index (χ3v) is 5.20. The summed E-state index contributed by atoms with van der Waals surface area (Å²) in [6, 6.07) is 0.387. The lowest BCUT2D eigenvalue weighted by Crippen LogP contribution is -2.54. The van der Waals surface area contributed by atoms with Gasteiger partial charge in [0.05, 0.1) is 16.9 Å². The minimum Gasteiger partial charge on any atom is -0.386 e. The van der Waals surface area contributed by atoms with E-state index in [1.807, 2.05) is 24.9 Å². The minimum absolute atomic E-state index is 0.387. The summed E-state index contributed by atoms with van der Waals surface area (Å²) >= 11 is 0. The first-order valence-electron chi connectivity index (χ1n) is 8.65. The maximum atomic E-state index is 5.93. The zero-order chi connectivity index (χ0) is 16.8. The smallest absolute Gasteiger partial charge is 0.227 e. The molecule has 2 aromatic rings. The molecule has 7 nitrogen and oxygen atoms in total. The molecule has 24 heavy (non-hydrogen) atoms. The molecule has 1 saturated carbocycles. The molecule has 128 valence electrons. The van der Waals surface area contributed by atoms with Crippen molar-refractivity contribution in [3.05, 3.63) is 24.3 Å². The Kier molecular flexibility index (Phi) is 3.58. The number of aromatic nitrogens is 4. The molecule has 0 spiro atoms. The summed E-state index contributed by atoms with van der Waals surface area (Å²) in [6.07, 6.45) is 5.77. The summed E-state index contributed by atoms with van der Waals surface area (Å²) in [7, 11) is 1.93. The second-order valence-electron chi connectivity index (χ2n) is 7.08. The van der Waals surface area contributed by atoms with Crippen LogP contribution in [-0.2, 0) is 7.05 Å². The van der Waals surface area contributed by atoms with E-state index >= 15 is 0 Å². The van der Waals surface area contributed by atoms with Crippen molar-refractivity contribution < 1.29 is 0 Å². The fraction of sp³-hybridized carbons (Fsp3) is 0.588. The molecule has 0 aromatic carbocycles. The zero-order valence-electron chi connectivity index (χ0n) is 14.4. The number of nitrogens with zero attached hydrogens (tertiary/aromatic N) is 6. The molecule has 0 radical (unpaired) electrons. The monoisotopic (exact) mass is 327 g/mol. The van der Waals surface area contributed by atoms with E-state index in [1.54, 1.807) is 0 Å². The van der Waals surface area contributed by atoms with Crippen LogP contribution < -0.4 is 10.6 Å². The van der Waals surface area contributed by atoms with Crippen molar-refractivity contribution in [2.45, 2.75) is 32.2 Å². The van der Waals surface area contributed by atoms with Gasteiger partial charge in [0.25, 0.3) is 0 Å². The van der Waals surface area contributed by atoms with E-state index in [0.717, 1.165) is 48.2 Å². The number of fused-ring (bicyclic) bond motifs is 1. The molecule has 1 atom stereocenters. The van der Waals surface area contributed by atoms with Gasteiger partial charge in [-0.1, -0.05) is 19.4 Å². The molecule has 2 aromatic heterocycles. The van der Waals surface area contributed by atoms with Gasteiger partial charge in [0.2, 0.25) is 5.95 Å². The van der Waals surface area contributed by atoms with Gasteiger partial charge in [-0.2, -0.15) is 10.1 Å². The second-order valence-corrected chi connectivity index (χ2v) is 7.08. The number of nitrogens with two attached hydrogens (primary N) is 1. The minimum atomic E-state index is 0.387. The van der Waals surface area contributed by atoms with Crippen LogP contribution in [-0.4, -0.2) is 50.3 Å². The van der Waals surface area contributed by atoms with E-state index in [-0.39, 0.29) is 0 Å². The van der Waals surface area contributed by atoms with Crippen LogP contribution in [0.1, 0.15) is 25.0 Å². The predicted octanol–water partition coefficient (Wildman–Crippen LogP) is 1.39. The van der Waals surface area contributed by atoms with Crippen molar-refractivity contribution in [3.8, 4) is 0 Å². The molecular weight excluding hydrogens is 302 g/mol. The third-order valence-electron chi connectivity index (χ3n) is 5.20. The maximum absolute atomic E-state index is 5.93. The maximum Gasteiger partial charge on any atom is 0.227 e. The highest BCUT2D eigenvalue weighted by Gasteiger charge is 2.34. The van der Waals surface area contributed by atoms with Gasteiger partial charge < -0.3 is 15.5 Å². The van der Waals surface area contributed by atoms with Crippen molar-refractivity contribution in [3.63, 3.8) is 0 Å². The lowest BCUT2D eigenvalue weighted by molar-refractivity contribution is 0.260. The highest BCUT2D eigenvalue weighted by Crippen LogP contribution is 2.36. The Balaban J connectivity index is 1.65. The number of hydrogen-bond donors (Lipinski definition) is 1. The first kappa shape index (κ1) is 15.2. The van der Waals surface area contributed by atoms with Crippen LogP contribution in [0, 0.1) is 12.8 Å². The first-order chi connectivity index (χ1) is 11.5. The summed E-state index contributed by atoms with van der Waals surface area (Å²) in [5.41, 5.74) is 7.79. The highest BCUT2D eigenvalue weighted by atomic mass is 15.4. The molecule has 0 amide bonds. The van der Waals surface area contributed by atoms with Crippen LogP contribution in [0.15, 0.2) is 18.6 Å². The topological polar surface area (TPSA) is 76.1 Å². The number of anilines is 1. The van der Waals surface area contributed by atoms with Crippen molar-refractivity contribution >= 4 is 17.0 Å². The number of rotatable bonds is 4. The molecule has 1 unspecified atom stereocenters.